The second kappa shape index (κ2) is 8.98. The number of benzene rings is 1. The third kappa shape index (κ3) is 7.19. The number of alkyl halides is 3. The molecule has 0 aliphatic carbocycles. The summed E-state index contributed by atoms with van der Waals surface area (Å²) in [6, 6.07) is 7.30. The van der Waals surface area contributed by atoms with E-state index < -0.39 is 16.1 Å². The number of hydrogen-bond acceptors (Lipinski definition) is 3. The lowest BCUT2D eigenvalue weighted by Gasteiger charge is -2.27. The van der Waals surface area contributed by atoms with Gasteiger partial charge in [-0.1, -0.05) is 50.7 Å². The molecule has 22 heavy (non-hydrogen) atoms. The quantitative estimate of drug-likeness (QED) is 0.366. The van der Waals surface area contributed by atoms with Crippen LogP contribution in [0.5, 0.6) is 0 Å². The number of amides is 1. The van der Waals surface area contributed by atoms with Crippen molar-refractivity contribution in [3.05, 3.63) is 28.7 Å². The number of halogens is 4. The molecule has 0 saturated carbocycles. The molecule has 0 heterocycles. The van der Waals surface area contributed by atoms with Gasteiger partial charge in [0.05, 0.1) is 6.61 Å². The minimum Gasteiger partial charge on any atom is -0.450 e. The standard InChI is InChI=1S/C12H13BrCl3N3O2S/c1-2-21-11(20)19-9(12(14,15)16)18-10(22)17-8-5-3-7(13)4-6-8/h3-6,9H,2H2,1H3,(H,19,20)(H2,17,18,22)/t9-/m0/s1. The molecule has 1 aromatic rings. The maximum atomic E-state index is 11.5. The Bertz CT molecular complexity index is 525. The molecule has 1 amide bonds. The predicted molar refractivity (Wildman–Crippen MR) is 97.7 cm³/mol. The van der Waals surface area contributed by atoms with E-state index in [0.29, 0.717) is 0 Å². The highest BCUT2D eigenvalue weighted by Crippen LogP contribution is 2.29. The Hall–Kier alpha value is -0.470. The van der Waals surface area contributed by atoms with Crippen LogP contribution in [0.15, 0.2) is 28.7 Å². The molecule has 0 spiro atoms. The fourth-order valence-corrected chi connectivity index (χ4v) is 2.15. The summed E-state index contributed by atoms with van der Waals surface area (Å²) >= 11 is 25.9. The molecule has 0 aliphatic rings. The van der Waals surface area contributed by atoms with Gasteiger partial charge in [-0.3, -0.25) is 5.32 Å². The zero-order chi connectivity index (χ0) is 16.8. The molecule has 0 fully saturated rings. The molecular weight excluding hydrogens is 436 g/mol. The fraction of sp³-hybridized carbons (Fsp3) is 0.333. The van der Waals surface area contributed by atoms with Gasteiger partial charge in [-0.25, -0.2) is 4.79 Å². The van der Waals surface area contributed by atoms with Gasteiger partial charge in [0.25, 0.3) is 0 Å². The topological polar surface area (TPSA) is 62.4 Å². The normalized spacial score (nSPS) is 12.2. The molecule has 1 aromatic carbocycles. The summed E-state index contributed by atoms with van der Waals surface area (Å²) in [6.07, 6.45) is -1.79. The van der Waals surface area contributed by atoms with E-state index in [1.807, 2.05) is 12.1 Å². The molecular formula is C12H13BrCl3N3O2S. The largest absolute Gasteiger partial charge is 0.450 e. The van der Waals surface area contributed by atoms with Crippen LogP contribution >= 0.6 is 63.0 Å². The molecule has 0 saturated heterocycles. The van der Waals surface area contributed by atoms with E-state index in [9.17, 15) is 4.79 Å². The summed E-state index contributed by atoms with van der Waals surface area (Å²) in [5, 5.41) is 8.18. The number of thiocarbonyl (C=S) groups is 1. The average molecular weight is 450 g/mol. The minimum atomic E-state index is -1.82. The lowest BCUT2D eigenvalue weighted by Crippen LogP contribution is -2.56. The van der Waals surface area contributed by atoms with Gasteiger partial charge in [0, 0.05) is 10.2 Å². The van der Waals surface area contributed by atoms with Crippen LogP contribution in [-0.2, 0) is 4.74 Å². The molecule has 1 atom stereocenters. The van der Waals surface area contributed by atoms with Crippen LogP contribution in [0.2, 0.25) is 0 Å². The van der Waals surface area contributed by atoms with Crippen LogP contribution in [0.3, 0.4) is 0 Å². The number of rotatable bonds is 4. The monoisotopic (exact) mass is 447 g/mol. The molecule has 122 valence electrons. The van der Waals surface area contributed by atoms with Crippen molar-refractivity contribution < 1.29 is 9.53 Å². The van der Waals surface area contributed by atoms with Crippen molar-refractivity contribution in [2.24, 2.45) is 0 Å². The van der Waals surface area contributed by atoms with E-state index in [-0.39, 0.29) is 11.7 Å². The van der Waals surface area contributed by atoms with Crippen LogP contribution < -0.4 is 16.0 Å². The smallest absolute Gasteiger partial charge is 0.408 e. The Kier molecular flexibility index (Phi) is 7.99. The summed E-state index contributed by atoms with van der Waals surface area (Å²) < 4.78 is 3.86. The molecule has 10 heteroatoms. The van der Waals surface area contributed by atoms with E-state index in [4.69, 9.17) is 51.8 Å². The summed E-state index contributed by atoms with van der Waals surface area (Å²) in [6.45, 7) is 1.86. The Morgan fingerprint density at radius 3 is 2.41 bits per heavy atom. The first-order chi connectivity index (χ1) is 10.2. The summed E-state index contributed by atoms with van der Waals surface area (Å²) in [5.41, 5.74) is 0.736. The van der Waals surface area contributed by atoms with E-state index >= 15 is 0 Å². The van der Waals surface area contributed by atoms with Gasteiger partial charge < -0.3 is 15.4 Å². The molecule has 1 rings (SSSR count). The van der Waals surface area contributed by atoms with Crippen molar-refractivity contribution in [1.82, 2.24) is 10.6 Å². The first kappa shape index (κ1) is 19.6. The zero-order valence-electron chi connectivity index (χ0n) is 11.3. The van der Waals surface area contributed by atoms with Gasteiger partial charge in [0.2, 0.25) is 3.79 Å². The van der Waals surface area contributed by atoms with Crippen LogP contribution in [0, 0.1) is 0 Å². The van der Waals surface area contributed by atoms with E-state index in [1.54, 1.807) is 19.1 Å². The third-order valence-corrected chi connectivity index (χ3v) is 3.65. The van der Waals surface area contributed by atoms with Crippen LogP contribution in [0.25, 0.3) is 0 Å². The molecule has 0 radical (unpaired) electrons. The number of hydrogen-bond donors (Lipinski definition) is 3. The fourth-order valence-electron chi connectivity index (χ4n) is 1.32. The van der Waals surface area contributed by atoms with Gasteiger partial charge >= 0.3 is 6.09 Å². The highest BCUT2D eigenvalue weighted by atomic mass is 79.9. The van der Waals surface area contributed by atoms with Crippen LogP contribution in [0.1, 0.15) is 6.92 Å². The van der Waals surface area contributed by atoms with E-state index in [1.165, 1.54) is 0 Å². The molecule has 0 aliphatic heterocycles. The van der Waals surface area contributed by atoms with Crippen molar-refractivity contribution >= 4 is 79.8 Å². The lowest BCUT2D eigenvalue weighted by molar-refractivity contribution is 0.147. The van der Waals surface area contributed by atoms with Crippen LogP contribution in [0.4, 0.5) is 10.5 Å². The Balaban J connectivity index is 2.66. The molecule has 0 aromatic heterocycles. The van der Waals surface area contributed by atoms with Crippen molar-refractivity contribution in [2.45, 2.75) is 16.9 Å². The Morgan fingerprint density at radius 2 is 1.91 bits per heavy atom. The second-order valence-electron chi connectivity index (χ2n) is 3.94. The highest BCUT2D eigenvalue weighted by molar-refractivity contribution is 9.10. The van der Waals surface area contributed by atoms with E-state index in [0.717, 1.165) is 10.2 Å². The minimum absolute atomic E-state index is 0.176. The maximum Gasteiger partial charge on any atom is 0.408 e. The van der Waals surface area contributed by atoms with Gasteiger partial charge in [0.1, 0.15) is 0 Å². The maximum absolute atomic E-state index is 11.5. The van der Waals surface area contributed by atoms with Crippen LogP contribution in [-0.4, -0.2) is 27.8 Å². The third-order valence-electron chi connectivity index (χ3n) is 2.24. The number of ether oxygens (including phenoxy) is 1. The predicted octanol–water partition coefficient (Wildman–Crippen LogP) is 4.18. The summed E-state index contributed by atoms with van der Waals surface area (Å²) in [4.78, 5) is 11.5. The summed E-state index contributed by atoms with van der Waals surface area (Å²) in [7, 11) is 0. The highest BCUT2D eigenvalue weighted by Gasteiger charge is 2.35. The Morgan fingerprint density at radius 1 is 1.32 bits per heavy atom. The molecule has 5 nitrogen and oxygen atoms in total. The van der Waals surface area contributed by atoms with Crippen molar-refractivity contribution in [2.75, 3.05) is 11.9 Å². The Labute approximate surface area is 157 Å². The van der Waals surface area contributed by atoms with Crippen molar-refractivity contribution in [1.29, 1.82) is 0 Å². The van der Waals surface area contributed by atoms with Gasteiger partial charge in [-0.2, -0.15) is 0 Å². The molecule has 3 N–H and O–H groups in total. The van der Waals surface area contributed by atoms with Crippen molar-refractivity contribution in [3.8, 4) is 0 Å². The molecule has 0 bridgehead atoms. The number of alkyl carbamates (subject to hydrolysis) is 1. The number of nitrogens with one attached hydrogen (secondary N) is 3. The SMILES string of the molecule is CCOC(=O)N[C@H](NC(=S)Nc1ccc(Br)cc1)C(Cl)(Cl)Cl. The van der Waals surface area contributed by atoms with Gasteiger partial charge in [0.15, 0.2) is 11.3 Å². The second-order valence-corrected chi connectivity index (χ2v) is 7.64. The number of carbonyl (C=O) groups excluding carboxylic acids is 1. The van der Waals surface area contributed by atoms with Crippen molar-refractivity contribution in [3.63, 3.8) is 0 Å². The summed E-state index contributed by atoms with van der Waals surface area (Å²) in [5.74, 6) is 0. The zero-order valence-corrected chi connectivity index (χ0v) is 16.0. The lowest BCUT2D eigenvalue weighted by atomic mass is 10.3. The first-order valence-corrected chi connectivity index (χ1v) is 8.39. The van der Waals surface area contributed by atoms with Gasteiger partial charge in [-0.05, 0) is 43.4 Å². The first-order valence-electron chi connectivity index (χ1n) is 6.05. The average Bonchev–Trinajstić information content (AvgIpc) is 2.40. The molecule has 0 unspecified atom stereocenters. The number of carbonyl (C=O) groups is 1. The van der Waals surface area contributed by atoms with Gasteiger partial charge in [-0.15, -0.1) is 0 Å². The van der Waals surface area contributed by atoms with E-state index in [2.05, 4.69) is 31.9 Å². The number of anilines is 1.